The van der Waals surface area contributed by atoms with E-state index >= 15 is 0 Å². The maximum absolute atomic E-state index is 13.3. The smallest absolute Gasteiger partial charge is 0.257 e. The molecule has 0 saturated carbocycles. The molecule has 2 aromatic heterocycles. The van der Waals surface area contributed by atoms with Gasteiger partial charge in [0.1, 0.15) is 17.1 Å². The number of hydrogen-bond acceptors (Lipinski definition) is 6. The van der Waals surface area contributed by atoms with E-state index in [0.29, 0.717) is 42.1 Å². The Morgan fingerprint density at radius 2 is 1.92 bits per heavy atom. The number of aromatic nitrogens is 3. The summed E-state index contributed by atoms with van der Waals surface area (Å²) in [6.07, 6.45) is 3.63. The molecule has 1 aliphatic heterocycles. The number of nitrogens with one attached hydrogen (secondary N) is 1. The molecule has 0 radical (unpaired) electrons. The Bertz CT molecular complexity index is 1330. The van der Waals surface area contributed by atoms with Crippen molar-refractivity contribution in [2.24, 2.45) is 0 Å². The molecule has 1 N–H and O–H groups in total. The number of amides is 2. The molecule has 1 aliphatic rings. The van der Waals surface area contributed by atoms with Gasteiger partial charge in [-0.1, -0.05) is 12.1 Å². The highest BCUT2D eigenvalue weighted by Crippen LogP contribution is 2.24. The summed E-state index contributed by atoms with van der Waals surface area (Å²) < 4.78 is 14.0. The summed E-state index contributed by atoms with van der Waals surface area (Å²) in [6.45, 7) is 5.24. The number of benzene rings is 1. The first-order chi connectivity index (χ1) is 17.3. The Morgan fingerprint density at radius 3 is 2.61 bits per heavy atom. The topological polar surface area (TPSA) is 108 Å². The van der Waals surface area contributed by atoms with Gasteiger partial charge in [-0.2, -0.15) is 5.10 Å². The number of hydrogen-bond donors (Lipinski definition) is 1. The van der Waals surface area contributed by atoms with E-state index in [1.54, 1.807) is 33.7 Å². The van der Waals surface area contributed by atoms with Crippen molar-refractivity contribution in [3.05, 3.63) is 75.5 Å². The number of fused-ring (bicyclic) bond motifs is 1. The van der Waals surface area contributed by atoms with Crippen molar-refractivity contribution in [3.8, 4) is 11.5 Å². The monoisotopic (exact) mass is 493 g/mol. The molecule has 0 spiro atoms. The van der Waals surface area contributed by atoms with Gasteiger partial charge in [-0.25, -0.2) is 0 Å². The number of carbonyl (C=O) groups excluding carboxylic acids is 2. The first-order valence-electron chi connectivity index (χ1n) is 11.9. The minimum atomic E-state index is -0.351. The molecule has 0 atom stereocenters. The van der Waals surface area contributed by atoms with Gasteiger partial charge in [0.25, 0.3) is 17.4 Å². The third-order valence-electron chi connectivity index (χ3n) is 6.29. The van der Waals surface area contributed by atoms with E-state index < -0.39 is 0 Å². The summed E-state index contributed by atoms with van der Waals surface area (Å²) >= 11 is 0. The van der Waals surface area contributed by atoms with Crippen LogP contribution in [0.1, 0.15) is 51.9 Å². The summed E-state index contributed by atoms with van der Waals surface area (Å²) in [7, 11) is 3.02. The number of nitrogens with zero attached hydrogens (tertiary/aromatic N) is 4. The molecule has 0 aliphatic carbocycles. The van der Waals surface area contributed by atoms with Gasteiger partial charge in [0.15, 0.2) is 0 Å². The van der Waals surface area contributed by atoms with Gasteiger partial charge >= 0.3 is 0 Å². The number of ether oxygens (including phenoxy) is 2. The predicted octanol–water partition coefficient (Wildman–Crippen LogP) is 2.27. The maximum Gasteiger partial charge on any atom is 0.257 e. The van der Waals surface area contributed by atoms with E-state index in [9.17, 15) is 14.4 Å². The van der Waals surface area contributed by atoms with Crippen molar-refractivity contribution in [2.45, 2.75) is 39.4 Å². The van der Waals surface area contributed by atoms with E-state index in [0.717, 1.165) is 5.56 Å². The second kappa shape index (κ2) is 10.7. The fourth-order valence-electron chi connectivity index (χ4n) is 4.32. The molecular weight excluding hydrogens is 462 g/mol. The third-order valence-corrected chi connectivity index (χ3v) is 6.29. The predicted molar refractivity (Wildman–Crippen MR) is 134 cm³/mol. The number of methoxy groups -OCH3 is 2. The highest BCUT2D eigenvalue weighted by Gasteiger charge is 2.27. The normalized spacial score (nSPS) is 13.2. The van der Waals surface area contributed by atoms with Crippen molar-refractivity contribution in [1.82, 2.24) is 24.6 Å². The highest BCUT2D eigenvalue weighted by atomic mass is 16.5. The standard InChI is InChI=1S/C26H31N5O5/c1-17(2)31-16-19(15-28-31)26(34)29-9-8-21-24(22(36-4)13-23(32)30(21)11-10-29)25(33)27-14-18-6-5-7-20(12-18)35-3/h5-7,12-13,15-17H,8-11,14H2,1-4H3,(H,27,33). The molecule has 0 fully saturated rings. The van der Waals surface area contributed by atoms with Crippen LogP contribution in [-0.2, 0) is 19.5 Å². The van der Waals surface area contributed by atoms with Crippen LogP contribution in [0.2, 0.25) is 0 Å². The minimum absolute atomic E-state index is 0.143. The Balaban J connectivity index is 1.57. The molecule has 0 saturated heterocycles. The molecule has 3 heterocycles. The fraction of sp³-hybridized carbons (Fsp3) is 0.385. The summed E-state index contributed by atoms with van der Waals surface area (Å²) in [5.41, 5.74) is 1.96. The first kappa shape index (κ1) is 25.0. The van der Waals surface area contributed by atoms with Gasteiger partial charge in [-0.3, -0.25) is 19.1 Å². The number of rotatable bonds is 7. The van der Waals surface area contributed by atoms with E-state index in [4.69, 9.17) is 9.47 Å². The van der Waals surface area contributed by atoms with Crippen LogP contribution in [0.15, 0.2) is 47.5 Å². The minimum Gasteiger partial charge on any atom is -0.497 e. The molecule has 10 heteroatoms. The zero-order valence-corrected chi connectivity index (χ0v) is 21.0. The molecule has 2 amide bonds. The lowest BCUT2D eigenvalue weighted by Gasteiger charge is -2.19. The van der Waals surface area contributed by atoms with Crippen LogP contribution in [0.5, 0.6) is 11.5 Å². The number of carbonyl (C=O) groups is 2. The molecule has 10 nitrogen and oxygen atoms in total. The number of pyridine rings is 1. The van der Waals surface area contributed by atoms with E-state index in [2.05, 4.69) is 10.4 Å². The van der Waals surface area contributed by atoms with E-state index in [1.165, 1.54) is 13.2 Å². The average molecular weight is 494 g/mol. The van der Waals surface area contributed by atoms with Crippen LogP contribution < -0.4 is 20.3 Å². The molecule has 36 heavy (non-hydrogen) atoms. The van der Waals surface area contributed by atoms with Gasteiger partial charge in [0.05, 0.1) is 26.0 Å². The largest absolute Gasteiger partial charge is 0.497 e. The maximum atomic E-state index is 13.3. The van der Waals surface area contributed by atoms with Crippen molar-refractivity contribution in [2.75, 3.05) is 27.3 Å². The van der Waals surface area contributed by atoms with Gasteiger partial charge in [0.2, 0.25) is 0 Å². The molecule has 0 unspecified atom stereocenters. The van der Waals surface area contributed by atoms with Crippen LogP contribution >= 0.6 is 0 Å². The highest BCUT2D eigenvalue weighted by molar-refractivity contribution is 5.98. The lowest BCUT2D eigenvalue weighted by atomic mass is 10.1. The SMILES string of the molecule is COc1cccc(CNC(=O)c2c(OC)cc(=O)n3c2CCN(C(=O)c2cnn(C(C)C)c2)CC3)c1. The fourth-order valence-corrected chi connectivity index (χ4v) is 4.32. The van der Waals surface area contributed by atoms with Crippen LogP contribution in [-0.4, -0.2) is 58.4 Å². The Kier molecular flexibility index (Phi) is 7.42. The van der Waals surface area contributed by atoms with E-state index in [-0.39, 0.29) is 42.3 Å². The lowest BCUT2D eigenvalue weighted by Crippen LogP contribution is -2.34. The lowest BCUT2D eigenvalue weighted by molar-refractivity contribution is 0.0759. The third kappa shape index (κ3) is 5.12. The molecular formula is C26H31N5O5. The summed E-state index contributed by atoms with van der Waals surface area (Å²) in [6, 6.07) is 8.89. The van der Waals surface area contributed by atoms with Crippen molar-refractivity contribution < 1.29 is 19.1 Å². The zero-order chi connectivity index (χ0) is 25.8. The van der Waals surface area contributed by atoms with Gasteiger partial charge < -0.3 is 24.3 Å². The van der Waals surface area contributed by atoms with Crippen molar-refractivity contribution in [1.29, 1.82) is 0 Å². The quantitative estimate of drug-likeness (QED) is 0.541. The van der Waals surface area contributed by atoms with Crippen LogP contribution in [0.4, 0.5) is 0 Å². The first-order valence-corrected chi connectivity index (χ1v) is 11.9. The summed E-state index contributed by atoms with van der Waals surface area (Å²) in [4.78, 5) is 41.0. The average Bonchev–Trinajstić information content (AvgIpc) is 3.28. The Morgan fingerprint density at radius 1 is 1.11 bits per heavy atom. The zero-order valence-electron chi connectivity index (χ0n) is 21.0. The van der Waals surface area contributed by atoms with Gasteiger partial charge in [0, 0.05) is 56.6 Å². The molecule has 0 bridgehead atoms. The van der Waals surface area contributed by atoms with Gasteiger partial charge in [-0.05, 0) is 31.5 Å². The molecule has 1 aromatic carbocycles. The summed E-state index contributed by atoms with van der Waals surface area (Å²) in [5.74, 6) is 0.408. The van der Waals surface area contributed by atoms with Crippen molar-refractivity contribution >= 4 is 11.8 Å². The van der Waals surface area contributed by atoms with E-state index in [1.807, 2.05) is 38.1 Å². The summed E-state index contributed by atoms with van der Waals surface area (Å²) in [5, 5.41) is 7.18. The Labute approximate surface area is 209 Å². The second-order valence-corrected chi connectivity index (χ2v) is 8.90. The Hall–Kier alpha value is -4.08. The second-order valence-electron chi connectivity index (χ2n) is 8.90. The van der Waals surface area contributed by atoms with Crippen molar-refractivity contribution in [3.63, 3.8) is 0 Å². The van der Waals surface area contributed by atoms with Crippen LogP contribution in [0.3, 0.4) is 0 Å². The van der Waals surface area contributed by atoms with Crippen LogP contribution in [0.25, 0.3) is 0 Å². The molecule has 4 rings (SSSR count). The van der Waals surface area contributed by atoms with Crippen LogP contribution in [0, 0.1) is 0 Å². The molecule has 3 aromatic rings. The van der Waals surface area contributed by atoms with Gasteiger partial charge in [-0.15, -0.1) is 0 Å². The molecule has 190 valence electrons.